The Bertz CT molecular complexity index is 1300. The predicted molar refractivity (Wildman–Crippen MR) is 135 cm³/mol. The fourth-order valence-electron chi connectivity index (χ4n) is 3.54. The summed E-state index contributed by atoms with van der Waals surface area (Å²) in [6, 6.07) is 21.3. The van der Waals surface area contributed by atoms with Crippen molar-refractivity contribution in [2.24, 2.45) is 0 Å². The monoisotopic (exact) mass is 510 g/mol. The molecule has 35 heavy (non-hydrogen) atoms. The lowest BCUT2D eigenvalue weighted by Gasteiger charge is -2.11. The van der Waals surface area contributed by atoms with Crippen molar-refractivity contribution >= 4 is 29.3 Å². The average Bonchev–Trinajstić information content (AvgIpc) is 3.28. The number of benzene rings is 3. The molecular weight excluding hydrogens is 487 g/mol. The number of hydrogen-bond donors (Lipinski definition) is 1. The zero-order valence-corrected chi connectivity index (χ0v) is 20.7. The van der Waals surface area contributed by atoms with E-state index in [1.54, 1.807) is 19.2 Å². The molecule has 0 aliphatic carbocycles. The number of ether oxygens (including phenoxy) is 1. The minimum absolute atomic E-state index is 0.113. The van der Waals surface area contributed by atoms with Crippen molar-refractivity contribution in [3.05, 3.63) is 101 Å². The van der Waals surface area contributed by atoms with Crippen molar-refractivity contribution in [3.63, 3.8) is 0 Å². The number of halogens is 2. The predicted octanol–water partition coefficient (Wildman–Crippen LogP) is 5.61. The van der Waals surface area contributed by atoms with E-state index in [0.29, 0.717) is 34.7 Å². The van der Waals surface area contributed by atoms with E-state index in [4.69, 9.17) is 16.3 Å². The van der Waals surface area contributed by atoms with E-state index < -0.39 is 0 Å². The van der Waals surface area contributed by atoms with E-state index in [9.17, 15) is 9.18 Å². The van der Waals surface area contributed by atoms with Crippen molar-refractivity contribution in [2.45, 2.75) is 30.3 Å². The van der Waals surface area contributed by atoms with Gasteiger partial charge in [-0.3, -0.25) is 9.36 Å². The molecule has 180 valence electrons. The van der Waals surface area contributed by atoms with Gasteiger partial charge in [0.25, 0.3) is 0 Å². The topological polar surface area (TPSA) is 69.0 Å². The van der Waals surface area contributed by atoms with E-state index >= 15 is 0 Å². The molecule has 4 aromatic rings. The number of methoxy groups -OCH3 is 1. The standard InChI is InChI=1S/C26H24ClFN4O2S/c1-34-23-8-3-2-6-19(23)16-29-25(33)14-13-24-30-31-26(32(24)22-11-9-21(28)10-12-22)35-17-18-5-4-7-20(27)15-18/h2-12,15H,13-14,16-17H2,1H3,(H,29,33). The Hall–Kier alpha value is -3.36. The molecule has 9 heteroatoms. The Morgan fingerprint density at radius 1 is 1.09 bits per heavy atom. The van der Waals surface area contributed by atoms with Gasteiger partial charge in [0.15, 0.2) is 5.16 Å². The van der Waals surface area contributed by atoms with Gasteiger partial charge in [-0.05, 0) is 48.0 Å². The molecule has 0 saturated carbocycles. The zero-order chi connectivity index (χ0) is 24.6. The second-order valence-electron chi connectivity index (χ2n) is 7.72. The second kappa shape index (κ2) is 11.9. The summed E-state index contributed by atoms with van der Waals surface area (Å²) in [6.45, 7) is 0.369. The molecule has 0 unspecified atom stereocenters. The van der Waals surface area contributed by atoms with Crippen LogP contribution in [0.3, 0.4) is 0 Å². The molecule has 0 aliphatic heterocycles. The molecule has 0 fully saturated rings. The fourth-order valence-corrected chi connectivity index (χ4v) is 4.66. The molecule has 1 amide bonds. The summed E-state index contributed by atoms with van der Waals surface area (Å²) < 4.78 is 20.7. The third-order valence-electron chi connectivity index (χ3n) is 5.29. The molecule has 1 N–H and O–H groups in total. The number of nitrogens with one attached hydrogen (secondary N) is 1. The number of amides is 1. The molecule has 4 rings (SSSR count). The number of rotatable bonds is 10. The summed E-state index contributed by atoms with van der Waals surface area (Å²) in [5, 5.41) is 12.9. The van der Waals surface area contributed by atoms with Gasteiger partial charge in [-0.1, -0.05) is 53.7 Å². The SMILES string of the molecule is COc1ccccc1CNC(=O)CCc1nnc(SCc2cccc(Cl)c2)n1-c1ccc(F)cc1. The molecule has 1 heterocycles. The second-order valence-corrected chi connectivity index (χ2v) is 9.10. The smallest absolute Gasteiger partial charge is 0.220 e. The van der Waals surface area contributed by atoms with Gasteiger partial charge < -0.3 is 10.1 Å². The Kier molecular flexibility index (Phi) is 8.39. The van der Waals surface area contributed by atoms with Gasteiger partial charge >= 0.3 is 0 Å². The van der Waals surface area contributed by atoms with Crippen LogP contribution in [0.15, 0.2) is 78.0 Å². The van der Waals surface area contributed by atoms with E-state index in [1.807, 2.05) is 53.1 Å². The number of nitrogens with zero attached hydrogens (tertiary/aromatic N) is 3. The van der Waals surface area contributed by atoms with E-state index in [2.05, 4.69) is 15.5 Å². The van der Waals surface area contributed by atoms with Crippen LogP contribution >= 0.6 is 23.4 Å². The van der Waals surface area contributed by atoms with Crippen molar-refractivity contribution < 1.29 is 13.9 Å². The van der Waals surface area contributed by atoms with Crippen LogP contribution in [0.1, 0.15) is 23.4 Å². The Morgan fingerprint density at radius 2 is 1.89 bits per heavy atom. The van der Waals surface area contributed by atoms with Gasteiger partial charge in [0.05, 0.1) is 7.11 Å². The Morgan fingerprint density at radius 3 is 2.66 bits per heavy atom. The summed E-state index contributed by atoms with van der Waals surface area (Å²) in [7, 11) is 1.60. The number of thioether (sulfide) groups is 1. The zero-order valence-electron chi connectivity index (χ0n) is 19.1. The van der Waals surface area contributed by atoms with Crippen molar-refractivity contribution in [1.29, 1.82) is 0 Å². The average molecular weight is 511 g/mol. The van der Waals surface area contributed by atoms with Gasteiger partial charge in [-0.25, -0.2) is 4.39 Å². The molecule has 1 aromatic heterocycles. The molecular formula is C26H24ClFN4O2S. The first-order valence-corrected chi connectivity index (χ1v) is 12.4. The first-order chi connectivity index (χ1) is 17.0. The Balaban J connectivity index is 1.46. The summed E-state index contributed by atoms with van der Waals surface area (Å²) in [5.41, 5.74) is 2.68. The normalized spacial score (nSPS) is 10.8. The number of hydrogen-bond acceptors (Lipinski definition) is 5. The number of carbonyl (C=O) groups is 1. The molecule has 0 aliphatic rings. The van der Waals surface area contributed by atoms with Crippen molar-refractivity contribution in [2.75, 3.05) is 7.11 Å². The van der Waals surface area contributed by atoms with Crippen molar-refractivity contribution in [1.82, 2.24) is 20.1 Å². The van der Waals surface area contributed by atoms with Gasteiger partial charge in [0.1, 0.15) is 17.4 Å². The van der Waals surface area contributed by atoms with Crippen LogP contribution in [0, 0.1) is 5.82 Å². The third kappa shape index (κ3) is 6.61. The molecule has 0 saturated heterocycles. The third-order valence-corrected chi connectivity index (χ3v) is 6.52. The molecule has 0 bridgehead atoms. The molecule has 0 radical (unpaired) electrons. The lowest BCUT2D eigenvalue weighted by atomic mass is 10.2. The molecule has 0 atom stereocenters. The van der Waals surface area contributed by atoms with Crippen LogP contribution in [0.4, 0.5) is 4.39 Å². The minimum Gasteiger partial charge on any atom is -0.496 e. The van der Waals surface area contributed by atoms with Crippen LogP contribution in [-0.2, 0) is 23.5 Å². The number of aromatic nitrogens is 3. The molecule has 0 spiro atoms. The molecule has 6 nitrogen and oxygen atoms in total. The largest absolute Gasteiger partial charge is 0.496 e. The summed E-state index contributed by atoms with van der Waals surface area (Å²) in [6.07, 6.45) is 0.604. The maximum absolute atomic E-state index is 13.5. The number of para-hydroxylation sites is 1. The summed E-state index contributed by atoms with van der Waals surface area (Å²) >= 11 is 7.60. The highest BCUT2D eigenvalue weighted by Crippen LogP contribution is 2.27. The van der Waals surface area contributed by atoms with E-state index in [0.717, 1.165) is 22.6 Å². The highest BCUT2D eigenvalue weighted by Gasteiger charge is 2.16. The van der Waals surface area contributed by atoms with Gasteiger partial charge in [-0.15, -0.1) is 10.2 Å². The van der Waals surface area contributed by atoms with Gasteiger partial charge in [-0.2, -0.15) is 0 Å². The van der Waals surface area contributed by atoms with Crippen LogP contribution in [0.2, 0.25) is 5.02 Å². The summed E-state index contributed by atoms with van der Waals surface area (Å²) in [4.78, 5) is 12.6. The maximum Gasteiger partial charge on any atom is 0.220 e. The molecule has 3 aromatic carbocycles. The highest BCUT2D eigenvalue weighted by atomic mass is 35.5. The number of carbonyl (C=O) groups excluding carboxylic acids is 1. The highest BCUT2D eigenvalue weighted by molar-refractivity contribution is 7.98. The van der Waals surface area contributed by atoms with Gasteiger partial charge in [0, 0.05) is 41.4 Å². The van der Waals surface area contributed by atoms with Crippen LogP contribution < -0.4 is 10.1 Å². The lowest BCUT2D eigenvalue weighted by Crippen LogP contribution is -2.23. The minimum atomic E-state index is -0.327. The maximum atomic E-state index is 13.5. The number of aryl methyl sites for hydroxylation is 1. The first-order valence-electron chi connectivity index (χ1n) is 11.0. The first kappa shape index (κ1) is 24.8. The summed E-state index contributed by atoms with van der Waals surface area (Å²) in [5.74, 6) is 1.55. The fraction of sp³-hybridized carbons (Fsp3) is 0.192. The van der Waals surface area contributed by atoms with E-state index in [1.165, 1.54) is 23.9 Å². The van der Waals surface area contributed by atoms with Crippen LogP contribution in [0.5, 0.6) is 5.75 Å². The lowest BCUT2D eigenvalue weighted by molar-refractivity contribution is -0.121. The quantitative estimate of drug-likeness (QED) is 0.281. The van der Waals surface area contributed by atoms with Crippen molar-refractivity contribution in [3.8, 4) is 11.4 Å². The van der Waals surface area contributed by atoms with Crippen LogP contribution in [0.25, 0.3) is 5.69 Å². The Labute approximate surface area is 212 Å². The van der Waals surface area contributed by atoms with Gasteiger partial charge in [0.2, 0.25) is 5.91 Å². The van der Waals surface area contributed by atoms with Crippen LogP contribution in [-0.4, -0.2) is 27.8 Å². The van der Waals surface area contributed by atoms with E-state index in [-0.39, 0.29) is 18.1 Å².